The fourth-order valence-corrected chi connectivity index (χ4v) is 2.07. The van der Waals surface area contributed by atoms with E-state index in [1.807, 2.05) is 38.1 Å². The molecule has 0 heterocycles. The largest absolute Gasteiger partial charge is 0.399 e. The van der Waals surface area contributed by atoms with Crippen LogP contribution in [0.1, 0.15) is 11.1 Å². The van der Waals surface area contributed by atoms with Crippen molar-refractivity contribution in [2.45, 2.75) is 13.8 Å². The minimum Gasteiger partial charge on any atom is -0.399 e. The highest BCUT2D eigenvalue weighted by molar-refractivity contribution is 5.85. The van der Waals surface area contributed by atoms with Crippen LogP contribution >= 0.6 is 0 Å². The normalized spacial score (nSPS) is 10.5. The average Bonchev–Trinajstić information content (AvgIpc) is 2.29. The predicted octanol–water partition coefficient (Wildman–Crippen LogP) is 2.72. The van der Waals surface area contributed by atoms with Crippen molar-refractivity contribution in [3.63, 3.8) is 0 Å². The molecule has 0 saturated heterocycles. The first-order valence-electron chi connectivity index (χ1n) is 5.51. The summed E-state index contributed by atoms with van der Waals surface area (Å²) in [4.78, 5) is 0. The van der Waals surface area contributed by atoms with Crippen LogP contribution in [-0.4, -0.2) is 0 Å². The summed E-state index contributed by atoms with van der Waals surface area (Å²) in [5.74, 6) is 0. The van der Waals surface area contributed by atoms with Gasteiger partial charge < -0.3 is 17.2 Å². The first-order valence-corrected chi connectivity index (χ1v) is 5.51. The third kappa shape index (κ3) is 1.91. The zero-order valence-corrected chi connectivity index (χ0v) is 10.1. The van der Waals surface area contributed by atoms with Gasteiger partial charge in [-0.15, -0.1) is 0 Å². The first kappa shape index (κ1) is 11.3. The van der Waals surface area contributed by atoms with Crippen molar-refractivity contribution < 1.29 is 0 Å². The molecule has 2 rings (SSSR count). The molecule has 0 saturated carbocycles. The minimum absolute atomic E-state index is 0.704. The second-order valence-electron chi connectivity index (χ2n) is 4.32. The van der Waals surface area contributed by atoms with Gasteiger partial charge in [-0.2, -0.15) is 0 Å². The van der Waals surface area contributed by atoms with Crippen LogP contribution in [0.5, 0.6) is 0 Å². The summed E-state index contributed by atoms with van der Waals surface area (Å²) >= 11 is 0. The van der Waals surface area contributed by atoms with Crippen molar-refractivity contribution in [2.75, 3.05) is 17.2 Å². The minimum atomic E-state index is 0.704. The summed E-state index contributed by atoms with van der Waals surface area (Å²) in [6.45, 7) is 4.05. The van der Waals surface area contributed by atoms with Crippen LogP contribution in [0.2, 0.25) is 0 Å². The van der Waals surface area contributed by atoms with Gasteiger partial charge in [0.2, 0.25) is 0 Å². The van der Waals surface area contributed by atoms with Crippen molar-refractivity contribution in [2.24, 2.45) is 0 Å². The van der Waals surface area contributed by atoms with Crippen LogP contribution in [0.4, 0.5) is 17.1 Å². The second-order valence-corrected chi connectivity index (χ2v) is 4.32. The Balaban J connectivity index is 2.76. The standard InChI is InChI=1S/C14H17N3/c1-8-3-5-12(16)9(2)14(8)11-7-10(15)4-6-13(11)17/h3-7H,15-17H2,1-2H3. The van der Waals surface area contributed by atoms with Gasteiger partial charge in [-0.25, -0.2) is 0 Å². The van der Waals surface area contributed by atoms with E-state index in [4.69, 9.17) is 17.2 Å². The number of nitrogens with two attached hydrogens (primary N) is 3. The molecule has 17 heavy (non-hydrogen) atoms. The maximum Gasteiger partial charge on any atom is 0.0395 e. The van der Waals surface area contributed by atoms with E-state index in [-0.39, 0.29) is 0 Å². The van der Waals surface area contributed by atoms with Gasteiger partial charge in [0.1, 0.15) is 0 Å². The Hall–Kier alpha value is -2.16. The SMILES string of the molecule is Cc1ccc(N)c(C)c1-c1cc(N)ccc1N. The molecule has 2 aromatic rings. The Labute approximate surface area is 101 Å². The highest BCUT2D eigenvalue weighted by Gasteiger charge is 2.11. The quantitative estimate of drug-likeness (QED) is 0.655. The molecule has 0 unspecified atom stereocenters. The summed E-state index contributed by atoms with van der Waals surface area (Å²) in [5.41, 5.74) is 24.2. The Morgan fingerprint density at radius 3 is 2.18 bits per heavy atom. The number of rotatable bonds is 1. The molecule has 88 valence electrons. The molecule has 0 amide bonds. The molecule has 0 atom stereocenters. The smallest absolute Gasteiger partial charge is 0.0395 e. The van der Waals surface area contributed by atoms with Gasteiger partial charge in [0, 0.05) is 22.6 Å². The van der Waals surface area contributed by atoms with Crippen molar-refractivity contribution in [3.8, 4) is 11.1 Å². The lowest BCUT2D eigenvalue weighted by Gasteiger charge is -2.14. The van der Waals surface area contributed by atoms with Gasteiger partial charge in [0.05, 0.1) is 0 Å². The van der Waals surface area contributed by atoms with Gasteiger partial charge in [0.25, 0.3) is 0 Å². The molecular formula is C14H17N3. The van der Waals surface area contributed by atoms with Gasteiger partial charge in [-0.3, -0.25) is 0 Å². The van der Waals surface area contributed by atoms with Crippen molar-refractivity contribution in [1.82, 2.24) is 0 Å². The fourth-order valence-electron chi connectivity index (χ4n) is 2.07. The van der Waals surface area contributed by atoms with E-state index in [9.17, 15) is 0 Å². The summed E-state index contributed by atoms with van der Waals surface area (Å²) < 4.78 is 0. The second kappa shape index (κ2) is 4.01. The third-order valence-electron chi connectivity index (χ3n) is 3.06. The molecule has 0 aliphatic carbocycles. The molecule has 0 spiro atoms. The summed E-state index contributed by atoms with van der Waals surface area (Å²) in [6.07, 6.45) is 0. The third-order valence-corrected chi connectivity index (χ3v) is 3.06. The van der Waals surface area contributed by atoms with E-state index < -0.39 is 0 Å². The molecule has 0 aliphatic heterocycles. The van der Waals surface area contributed by atoms with E-state index in [0.29, 0.717) is 5.69 Å². The zero-order chi connectivity index (χ0) is 12.6. The van der Waals surface area contributed by atoms with E-state index >= 15 is 0 Å². The average molecular weight is 227 g/mol. The fraction of sp³-hybridized carbons (Fsp3) is 0.143. The van der Waals surface area contributed by atoms with Crippen LogP contribution in [-0.2, 0) is 0 Å². The molecule has 0 bridgehead atoms. The summed E-state index contributed by atoms with van der Waals surface area (Å²) in [6, 6.07) is 9.43. The van der Waals surface area contributed by atoms with Crippen LogP contribution in [0.25, 0.3) is 11.1 Å². The lowest BCUT2D eigenvalue weighted by molar-refractivity contribution is 1.38. The lowest BCUT2D eigenvalue weighted by Crippen LogP contribution is -1.99. The zero-order valence-electron chi connectivity index (χ0n) is 10.1. The number of nitrogen functional groups attached to an aromatic ring is 3. The van der Waals surface area contributed by atoms with Crippen LogP contribution in [0, 0.1) is 13.8 Å². The van der Waals surface area contributed by atoms with Crippen LogP contribution < -0.4 is 17.2 Å². The van der Waals surface area contributed by atoms with E-state index in [1.165, 1.54) is 0 Å². The van der Waals surface area contributed by atoms with Crippen LogP contribution in [0.3, 0.4) is 0 Å². The molecule has 0 radical (unpaired) electrons. The van der Waals surface area contributed by atoms with Crippen molar-refractivity contribution >= 4 is 17.1 Å². The molecule has 0 aliphatic rings. The van der Waals surface area contributed by atoms with Crippen molar-refractivity contribution in [3.05, 3.63) is 41.5 Å². The molecule has 6 N–H and O–H groups in total. The molecule has 3 nitrogen and oxygen atoms in total. The highest BCUT2D eigenvalue weighted by Crippen LogP contribution is 2.35. The Morgan fingerprint density at radius 2 is 1.47 bits per heavy atom. The van der Waals surface area contributed by atoms with E-state index in [0.717, 1.165) is 33.6 Å². The Kier molecular flexibility index (Phi) is 2.68. The number of benzene rings is 2. The number of aryl methyl sites for hydroxylation is 1. The monoisotopic (exact) mass is 227 g/mol. The number of hydrogen-bond donors (Lipinski definition) is 3. The molecule has 0 aromatic heterocycles. The molecule has 0 fully saturated rings. The van der Waals surface area contributed by atoms with E-state index in [2.05, 4.69) is 0 Å². The predicted molar refractivity (Wildman–Crippen MR) is 74.6 cm³/mol. The van der Waals surface area contributed by atoms with Gasteiger partial charge in [-0.1, -0.05) is 6.07 Å². The Morgan fingerprint density at radius 1 is 0.824 bits per heavy atom. The maximum absolute atomic E-state index is 6.01. The number of hydrogen-bond acceptors (Lipinski definition) is 3. The summed E-state index contributed by atoms with van der Waals surface area (Å²) in [7, 11) is 0. The Bertz CT molecular complexity index is 574. The van der Waals surface area contributed by atoms with Gasteiger partial charge >= 0.3 is 0 Å². The molecule has 3 heteroatoms. The molecular weight excluding hydrogens is 210 g/mol. The lowest BCUT2D eigenvalue weighted by atomic mass is 9.93. The highest BCUT2D eigenvalue weighted by atomic mass is 14.6. The number of anilines is 3. The van der Waals surface area contributed by atoms with E-state index in [1.54, 1.807) is 6.07 Å². The van der Waals surface area contributed by atoms with Gasteiger partial charge in [-0.05, 0) is 54.8 Å². The molecule has 2 aromatic carbocycles. The summed E-state index contributed by atoms with van der Waals surface area (Å²) in [5, 5.41) is 0. The topological polar surface area (TPSA) is 78.1 Å². The first-order chi connectivity index (χ1) is 8.00. The van der Waals surface area contributed by atoms with Crippen molar-refractivity contribution in [1.29, 1.82) is 0 Å². The van der Waals surface area contributed by atoms with Crippen LogP contribution in [0.15, 0.2) is 30.3 Å². The van der Waals surface area contributed by atoms with Gasteiger partial charge in [0.15, 0.2) is 0 Å². The maximum atomic E-state index is 6.01.